The highest BCUT2D eigenvalue weighted by atomic mass is 79.9. The molecule has 0 spiro atoms. The third kappa shape index (κ3) is 2.94. The first-order valence-corrected chi connectivity index (χ1v) is 6.09. The Morgan fingerprint density at radius 1 is 1.47 bits per heavy atom. The van der Waals surface area contributed by atoms with Gasteiger partial charge in [-0.25, -0.2) is 4.98 Å². The molecule has 0 aliphatic carbocycles. The zero-order chi connectivity index (χ0) is 10.7. The van der Waals surface area contributed by atoms with Gasteiger partial charge in [-0.2, -0.15) is 0 Å². The molecule has 3 nitrogen and oxygen atoms in total. The quantitative estimate of drug-likeness (QED) is 0.910. The molecule has 0 amide bonds. The highest BCUT2D eigenvalue weighted by Crippen LogP contribution is 2.20. The summed E-state index contributed by atoms with van der Waals surface area (Å²) in [4.78, 5) is 5.21. The summed E-state index contributed by atoms with van der Waals surface area (Å²) in [5.41, 5.74) is 6.57. The Kier molecular flexibility index (Phi) is 3.23. The largest absolute Gasteiger partial charge is 0.384 e. The number of aromatic nitrogens is 1. The summed E-state index contributed by atoms with van der Waals surface area (Å²) >= 11 is 5.14. The summed E-state index contributed by atoms with van der Waals surface area (Å²) in [7, 11) is 0. The molecule has 0 aliphatic rings. The molecule has 0 unspecified atom stereocenters. The second-order valence-corrected chi connectivity index (χ2v) is 4.97. The maximum atomic E-state index is 5.58. The smallest absolute Gasteiger partial charge is 0.125 e. The molecule has 2 aromatic heterocycles. The zero-order valence-electron chi connectivity index (χ0n) is 7.90. The van der Waals surface area contributed by atoms with Crippen LogP contribution in [-0.2, 0) is 6.54 Å². The monoisotopic (exact) mass is 283 g/mol. The van der Waals surface area contributed by atoms with Gasteiger partial charge in [0.15, 0.2) is 0 Å². The van der Waals surface area contributed by atoms with E-state index in [0.717, 1.165) is 16.7 Å². The van der Waals surface area contributed by atoms with Crippen molar-refractivity contribution >= 4 is 38.8 Å². The lowest BCUT2D eigenvalue weighted by Gasteiger charge is -2.04. The number of pyridine rings is 1. The van der Waals surface area contributed by atoms with Crippen molar-refractivity contribution in [2.24, 2.45) is 0 Å². The van der Waals surface area contributed by atoms with Gasteiger partial charge in [0, 0.05) is 39.2 Å². The lowest BCUT2D eigenvalue weighted by molar-refractivity contribution is 1.18. The van der Waals surface area contributed by atoms with E-state index in [-0.39, 0.29) is 0 Å². The highest BCUT2D eigenvalue weighted by Gasteiger charge is 1.98. The number of anilines is 2. The molecule has 0 atom stereocenters. The molecular formula is C10H10BrN3S. The summed E-state index contributed by atoms with van der Waals surface area (Å²) in [6.07, 6.45) is 1.70. The summed E-state index contributed by atoms with van der Waals surface area (Å²) < 4.78 is 1.12. The van der Waals surface area contributed by atoms with Gasteiger partial charge in [0.25, 0.3) is 0 Å². The zero-order valence-corrected chi connectivity index (χ0v) is 10.3. The molecule has 0 saturated carbocycles. The van der Waals surface area contributed by atoms with Crippen LogP contribution in [0.25, 0.3) is 0 Å². The van der Waals surface area contributed by atoms with Crippen molar-refractivity contribution in [3.8, 4) is 0 Å². The number of nitrogen functional groups attached to an aromatic ring is 1. The Labute approximate surface area is 100 Å². The van der Waals surface area contributed by atoms with Crippen molar-refractivity contribution in [1.29, 1.82) is 0 Å². The lowest BCUT2D eigenvalue weighted by atomic mass is 10.3. The molecule has 3 N–H and O–H groups in total. The van der Waals surface area contributed by atoms with E-state index in [2.05, 4.69) is 37.7 Å². The minimum absolute atomic E-state index is 0.535. The fraction of sp³-hybridized carbons (Fsp3) is 0.100. The van der Waals surface area contributed by atoms with E-state index < -0.39 is 0 Å². The summed E-state index contributed by atoms with van der Waals surface area (Å²) in [5.74, 6) is 0.535. The van der Waals surface area contributed by atoms with Gasteiger partial charge >= 0.3 is 0 Å². The molecule has 0 fully saturated rings. The molecule has 2 rings (SSSR count). The Morgan fingerprint density at radius 2 is 2.33 bits per heavy atom. The molecule has 5 heteroatoms. The SMILES string of the molecule is Nc1cc(NCc2cc(Br)cs2)ccn1. The van der Waals surface area contributed by atoms with Crippen molar-refractivity contribution < 1.29 is 0 Å². The van der Waals surface area contributed by atoms with Crippen LogP contribution in [0.2, 0.25) is 0 Å². The standard InChI is InChI=1S/C10H10BrN3S/c11-7-3-9(15-6-7)5-14-8-1-2-13-10(12)4-8/h1-4,6H,5H2,(H3,12,13,14). The minimum Gasteiger partial charge on any atom is -0.384 e. The fourth-order valence-electron chi connectivity index (χ4n) is 1.19. The number of hydrogen-bond acceptors (Lipinski definition) is 4. The van der Waals surface area contributed by atoms with E-state index in [4.69, 9.17) is 5.73 Å². The van der Waals surface area contributed by atoms with Gasteiger partial charge in [0.2, 0.25) is 0 Å². The van der Waals surface area contributed by atoms with E-state index in [1.54, 1.807) is 17.5 Å². The second kappa shape index (κ2) is 4.63. The maximum absolute atomic E-state index is 5.58. The van der Waals surface area contributed by atoms with Gasteiger partial charge < -0.3 is 11.1 Å². The van der Waals surface area contributed by atoms with Crippen LogP contribution in [0.15, 0.2) is 34.2 Å². The molecule has 0 aliphatic heterocycles. The molecule has 15 heavy (non-hydrogen) atoms. The Bertz CT molecular complexity index is 455. The van der Waals surface area contributed by atoms with E-state index in [9.17, 15) is 0 Å². The molecule has 0 saturated heterocycles. The third-order valence-electron chi connectivity index (χ3n) is 1.87. The van der Waals surface area contributed by atoms with Crippen LogP contribution in [0.5, 0.6) is 0 Å². The van der Waals surface area contributed by atoms with Crippen molar-refractivity contribution in [3.63, 3.8) is 0 Å². The van der Waals surface area contributed by atoms with Crippen LogP contribution in [-0.4, -0.2) is 4.98 Å². The number of thiophene rings is 1. The topological polar surface area (TPSA) is 50.9 Å². The van der Waals surface area contributed by atoms with Gasteiger partial charge in [0.1, 0.15) is 5.82 Å². The average molecular weight is 284 g/mol. The number of rotatable bonds is 3. The van der Waals surface area contributed by atoms with Crippen molar-refractivity contribution in [3.05, 3.63) is 39.1 Å². The van der Waals surface area contributed by atoms with Crippen LogP contribution in [0.4, 0.5) is 11.5 Å². The Balaban J connectivity index is 1.99. The molecule has 0 bridgehead atoms. The van der Waals surface area contributed by atoms with Gasteiger partial charge in [-0.05, 0) is 28.1 Å². The average Bonchev–Trinajstić information content (AvgIpc) is 2.62. The van der Waals surface area contributed by atoms with Crippen molar-refractivity contribution in [2.75, 3.05) is 11.1 Å². The Hall–Kier alpha value is -1.07. The summed E-state index contributed by atoms with van der Waals surface area (Å²) in [5, 5.41) is 5.35. The van der Waals surface area contributed by atoms with E-state index >= 15 is 0 Å². The predicted octanol–water partition coefficient (Wildman–Crippen LogP) is 3.10. The molecule has 78 valence electrons. The van der Waals surface area contributed by atoms with Crippen molar-refractivity contribution in [2.45, 2.75) is 6.54 Å². The van der Waals surface area contributed by atoms with Crippen LogP contribution in [0.1, 0.15) is 4.88 Å². The number of hydrogen-bond donors (Lipinski definition) is 2. The minimum atomic E-state index is 0.535. The van der Waals surface area contributed by atoms with E-state index in [1.807, 2.05) is 12.1 Å². The molecule has 2 aromatic rings. The normalized spacial score (nSPS) is 10.2. The summed E-state index contributed by atoms with van der Waals surface area (Å²) in [6.45, 7) is 0.805. The number of nitrogens with one attached hydrogen (secondary N) is 1. The lowest BCUT2D eigenvalue weighted by Crippen LogP contribution is -1.98. The predicted molar refractivity (Wildman–Crippen MR) is 68.0 cm³/mol. The Morgan fingerprint density at radius 3 is 3.00 bits per heavy atom. The highest BCUT2D eigenvalue weighted by molar-refractivity contribution is 9.10. The van der Waals surface area contributed by atoms with Gasteiger partial charge in [-0.1, -0.05) is 0 Å². The van der Waals surface area contributed by atoms with Gasteiger partial charge in [0.05, 0.1) is 0 Å². The molecule has 0 radical (unpaired) electrons. The first-order chi connectivity index (χ1) is 7.24. The number of nitrogens with zero attached hydrogens (tertiary/aromatic N) is 1. The van der Waals surface area contributed by atoms with E-state index in [1.165, 1.54) is 4.88 Å². The van der Waals surface area contributed by atoms with Gasteiger partial charge in [-0.15, -0.1) is 11.3 Å². The molecule has 2 heterocycles. The third-order valence-corrected chi connectivity index (χ3v) is 3.57. The van der Waals surface area contributed by atoms with Crippen LogP contribution in [0, 0.1) is 0 Å². The number of halogens is 1. The van der Waals surface area contributed by atoms with E-state index in [0.29, 0.717) is 5.82 Å². The first kappa shape index (κ1) is 10.4. The van der Waals surface area contributed by atoms with Crippen LogP contribution in [0.3, 0.4) is 0 Å². The summed E-state index contributed by atoms with van der Waals surface area (Å²) in [6, 6.07) is 5.82. The fourth-order valence-corrected chi connectivity index (χ4v) is 2.58. The number of nitrogens with two attached hydrogens (primary N) is 1. The molecular weight excluding hydrogens is 274 g/mol. The van der Waals surface area contributed by atoms with Crippen LogP contribution >= 0.6 is 27.3 Å². The van der Waals surface area contributed by atoms with Crippen molar-refractivity contribution in [1.82, 2.24) is 4.98 Å². The second-order valence-electron chi connectivity index (χ2n) is 3.05. The maximum Gasteiger partial charge on any atom is 0.125 e. The molecule has 0 aromatic carbocycles. The first-order valence-electron chi connectivity index (χ1n) is 4.42. The van der Waals surface area contributed by atoms with Crippen LogP contribution < -0.4 is 11.1 Å². The van der Waals surface area contributed by atoms with Gasteiger partial charge in [-0.3, -0.25) is 0 Å².